The molecule has 0 spiro atoms. The molecule has 0 amide bonds. The molecule has 1 aromatic carbocycles. The van der Waals surface area contributed by atoms with Crippen LogP contribution in [0.5, 0.6) is 0 Å². The largest absolute Gasteiger partial charge is 0.369 e. The first-order chi connectivity index (χ1) is 10.2. The molecule has 0 saturated carbocycles. The van der Waals surface area contributed by atoms with Gasteiger partial charge in [-0.1, -0.05) is 26.0 Å². The van der Waals surface area contributed by atoms with Crippen molar-refractivity contribution in [2.45, 2.75) is 45.8 Å². The molecule has 114 valence electrons. The summed E-state index contributed by atoms with van der Waals surface area (Å²) in [5.41, 5.74) is 9.08. The third kappa shape index (κ3) is 3.85. The molecule has 0 unspecified atom stereocenters. The molecular weight excluding hydrogens is 260 g/mol. The smallest absolute Gasteiger partial charge is 0.0817 e. The van der Waals surface area contributed by atoms with Gasteiger partial charge in [0, 0.05) is 25.5 Å². The van der Waals surface area contributed by atoms with E-state index in [-0.39, 0.29) is 0 Å². The lowest BCUT2D eigenvalue weighted by Gasteiger charge is -2.18. The van der Waals surface area contributed by atoms with Crippen molar-refractivity contribution >= 4 is 5.69 Å². The highest BCUT2D eigenvalue weighted by molar-refractivity contribution is 5.47. The second kappa shape index (κ2) is 7.27. The van der Waals surface area contributed by atoms with Gasteiger partial charge in [-0.05, 0) is 36.6 Å². The van der Waals surface area contributed by atoms with Gasteiger partial charge < -0.3 is 10.6 Å². The number of nitrogens with two attached hydrogens (primary N) is 1. The van der Waals surface area contributed by atoms with E-state index in [0.29, 0.717) is 12.6 Å². The summed E-state index contributed by atoms with van der Waals surface area (Å²) in [5, 5.41) is 4.71. The van der Waals surface area contributed by atoms with Crippen molar-refractivity contribution in [2.24, 2.45) is 5.73 Å². The summed E-state index contributed by atoms with van der Waals surface area (Å²) < 4.78 is 2.10. The first kappa shape index (κ1) is 15.6. The zero-order chi connectivity index (χ0) is 15.2. The van der Waals surface area contributed by atoms with Gasteiger partial charge in [0.05, 0.1) is 18.3 Å². The molecular formula is C17H26N4. The second-order valence-electron chi connectivity index (χ2n) is 5.48. The number of benzene rings is 1. The lowest BCUT2D eigenvalue weighted by atomic mass is 10.2. The molecule has 4 nitrogen and oxygen atoms in total. The molecule has 1 aromatic heterocycles. The number of rotatable bonds is 7. The van der Waals surface area contributed by atoms with E-state index < -0.39 is 0 Å². The normalized spacial score (nSPS) is 11.1. The molecule has 0 saturated heterocycles. The Morgan fingerprint density at radius 3 is 2.38 bits per heavy atom. The summed E-state index contributed by atoms with van der Waals surface area (Å²) in [7, 11) is 2.09. The Hall–Kier alpha value is -1.81. The number of anilines is 1. The van der Waals surface area contributed by atoms with Gasteiger partial charge in [-0.15, -0.1) is 0 Å². The van der Waals surface area contributed by atoms with Gasteiger partial charge in [0.2, 0.25) is 0 Å². The van der Waals surface area contributed by atoms with Crippen LogP contribution in [-0.4, -0.2) is 16.8 Å². The molecule has 2 rings (SSSR count). The van der Waals surface area contributed by atoms with Crippen LogP contribution in [0.15, 0.2) is 36.5 Å². The quantitative estimate of drug-likeness (QED) is 0.849. The van der Waals surface area contributed by atoms with Crippen LogP contribution in [-0.2, 0) is 13.1 Å². The molecule has 1 heterocycles. The monoisotopic (exact) mass is 286 g/mol. The van der Waals surface area contributed by atoms with Crippen molar-refractivity contribution in [1.29, 1.82) is 0 Å². The van der Waals surface area contributed by atoms with Gasteiger partial charge in [0.1, 0.15) is 0 Å². The van der Waals surface area contributed by atoms with Crippen LogP contribution >= 0.6 is 0 Å². The van der Waals surface area contributed by atoms with E-state index in [1.807, 2.05) is 0 Å². The average molecular weight is 286 g/mol. The summed E-state index contributed by atoms with van der Waals surface area (Å²) in [4.78, 5) is 2.21. The minimum Gasteiger partial charge on any atom is -0.369 e. The first-order valence-electron chi connectivity index (χ1n) is 7.72. The van der Waals surface area contributed by atoms with Crippen LogP contribution in [0.1, 0.15) is 44.0 Å². The molecule has 0 bridgehead atoms. The standard InChI is InChI=1S/C17H26N4/c1-4-16(5-2)21-11-10-15(19-21)13-20(3)17-8-6-14(12-18)7-9-17/h6-11,16H,4-5,12-13,18H2,1-3H3. The lowest BCUT2D eigenvalue weighted by Crippen LogP contribution is -2.17. The Balaban J connectivity index is 2.03. The van der Waals surface area contributed by atoms with Crippen molar-refractivity contribution in [2.75, 3.05) is 11.9 Å². The van der Waals surface area contributed by atoms with E-state index >= 15 is 0 Å². The fraction of sp³-hybridized carbons (Fsp3) is 0.471. The average Bonchev–Trinajstić information content (AvgIpc) is 2.97. The van der Waals surface area contributed by atoms with Crippen molar-refractivity contribution in [1.82, 2.24) is 9.78 Å². The fourth-order valence-corrected chi connectivity index (χ4v) is 2.55. The summed E-state index contributed by atoms with van der Waals surface area (Å²) in [6.45, 7) is 5.82. The van der Waals surface area contributed by atoms with E-state index in [1.165, 1.54) is 5.69 Å². The Morgan fingerprint density at radius 1 is 1.14 bits per heavy atom. The minimum atomic E-state index is 0.507. The number of hydrogen-bond acceptors (Lipinski definition) is 3. The van der Waals surface area contributed by atoms with Crippen LogP contribution in [0.3, 0.4) is 0 Å². The van der Waals surface area contributed by atoms with E-state index in [0.717, 1.165) is 30.6 Å². The lowest BCUT2D eigenvalue weighted by molar-refractivity contribution is 0.425. The SMILES string of the molecule is CCC(CC)n1ccc(CN(C)c2ccc(CN)cc2)n1. The van der Waals surface area contributed by atoms with Crippen LogP contribution in [0, 0.1) is 0 Å². The van der Waals surface area contributed by atoms with Gasteiger partial charge in [-0.25, -0.2) is 0 Å². The Bertz CT molecular complexity index is 540. The minimum absolute atomic E-state index is 0.507. The molecule has 2 aromatic rings. The summed E-state index contributed by atoms with van der Waals surface area (Å²) in [6.07, 6.45) is 4.33. The molecule has 0 fully saturated rings. The third-order valence-corrected chi connectivity index (χ3v) is 3.99. The Kier molecular flexibility index (Phi) is 5.39. The maximum atomic E-state index is 5.63. The molecule has 0 aliphatic carbocycles. The fourth-order valence-electron chi connectivity index (χ4n) is 2.55. The molecule has 0 aliphatic rings. The van der Waals surface area contributed by atoms with E-state index in [1.54, 1.807) is 0 Å². The molecule has 21 heavy (non-hydrogen) atoms. The predicted octanol–water partition coefficient (Wildman–Crippen LogP) is 3.34. The van der Waals surface area contributed by atoms with E-state index in [4.69, 9.17) is 10.8 Å². The third-order valence-electron chi connectivity index (χ3n) is 3.99. The Labute approximate surface area is 127 Å². The van der Waals surface area contributed by atoms with Crippen LogP contribution in [0.25, 0.3) is 0 Å². The number of nitrogens with zero attached hydrogens (tertiary/aromatic N) is 3. The molecule has 0 atom stereocenters. The van der Waals surface area contributed by atoms with Crippen LogP contribution < -0.4 is 10.6 Å². The zero-order valence-electron chi connectivity index (χ0n) is 13.3. The van der Waals surface area contributed by atoms with Crippen molar-refractivity contribution in [3.63, 3.8) is 0 Å². The van der Waals surface area contributed by atoms with Gasteiger partial charge >= 0.3 is 0 Å². The van der Waals surface area contributed by atoms with E-state index in [9.17, 15) is 0 Å². The molecule has 0 aliphatic heterocycles. The summed E-state index contributed by atoms with van der Waals surface area (Å²) in [5.74, 6) is 0. The highest BCUT2D eigenvalue weighted by Gasteiger charge is 2.09. The second-order valence-corrected chi connectivity index (χ2v) is 5.48. The topological polar surface area (TPSA) is 47.1 Å². The van der Waals surface area contributed by atoms with Gasteiger partial charge in [0.25, 0.3) is 0 Å². The van der Waals surface area contributed by atoms with Crippen LogP contribution in [0.4, 0.5) is 5.69 Å². The van der Waals surface area contributed by atoms with Crippen LogP contribution in [0.2, 0.25) is 0 Å². The molecule has 4 heteroatoms. The van der Waals surface area contributed by atoms with E-state index in [2.05, 4.69) is 67.0 Å². The summed E-state index contributed by atoms with van der Waals surface area (Å²) >= 11 is 0. The summed E-state index contributed by atoms with van der Waals surface area (Å²) in [6, 6.07) is 11.0. The van der Waals surface area contributed by atoms with Gasteiger partial charge in [-0.3, -0.25) is 4.68 Å². The molecule has 2 N–H and O–H groups in total. The zero-order valence-corrected chi connectivity index (χ0v) is 13.3. The Morgan fingerprint density at radius 2 is 1.81 bits per heavy atom. The van der Waals surface area contributed by atoms with Gasteiger partial charge in [0.15, 0.2) is 0 Å². The first-order valence-corrected chi connectivity index (χ1v) is 7.72. The number of aromatic nitrogens is 2. The van der Waals surface area contributed by atoms with Gasteiger partial charge in [-0.2, -0.15) is 5.10 Å². The number of hydrogen-bond donors (Lipinski definition) is 1. The van der Waals surface area contributed by atoms with Crippen molar-refractivity contribution in [3.8, 4) is 0 Å². The molecule has 0 radical (unpaired) electrons. The predicted molar refractivity (Wildman–Crippen MR) is 88.3 cm³/mol. The maximum absolute atomic E-state index is 5.63. The highest BCUT2D eigenvalue weighted by atomic mass is 15.3. The highest BCUT2D eigenvalue weighted by Crippen LogP contribution is 2.18. The van der Waals surface area contributed by atoms with Crippen molar-refractivity contribution in [3.05, 3.63) is 47.8 Å². The maximum Gasteiger partial charge on any atom is 0.0817 e. The van der Waals surface area contributed by atoms with Crippen molar-refractivity contribution < 1.29 is 0 Å².